The van der Waals surface area contributed by atoms with Crippen LogP contribution in [0.25, 0.3) is 0 Å². The largest absolute Gasteiger partial charge is 0.492 e. The zero-order valence-corrected chi connectivity index (χ0v) is 18.0. The minimum atomic E-state index is -3.63. The molecular formula is C22H27N3O4S. The maximum Gasteiger partial charge on any atom is 0.263 e. The van der Waals surface area contributed by atoms with Gasteiger partial charge in [0.25, 0.3) is 10.0 Å². The molecule has 3 rings (SSSR count). The van der Waals surface area contributed by atoms with Crippen molar-refractivity contribution in [2.45, 2.75) is 44.0 Å². The van der Waals surface area contributed by atoms with Crippen molar-refractivity contribution in [2.75, 3.05) is 13.2 Å². The summed E-state index contributed by atoms with van der Waals surface area (Å²) in [4.78, 5) is 17.4. The fraction of sp³-hybridized carbons (Fsp3) is 0.364. The van der Waals surface area contributed by atoms with Crippen LogP contribution in [-0.2, 0) is 14.8 Å². The molecule has 1 amide bonds. The van der Waals surface area contributed by atoms with Crippen LogP contribution in [0.15, 0.2) is 58.4 Å². The van der Waals surface area contributed by atoms with E-state index in [1.54, 1.807) is 18.2 Å². The summed E-state index contributed by atoms with van der Waals surface area (Å²) >= 11 is 0. The highest BCUT2D eigenvalue weighted by Crippen LogP contribution is 2.23. The smallest absolute Gasteiger partial charge is 0.263 e. The van der Waals surface area contributed by atoms with Gasteiger partial charge in [0.2, 0.25) is 5.91 Å². The third-order valence-corrected chi connectivity index (χ3v) is 6.17. The standard InChI is InChI=1S/C22H27N3O4S/c1-3-4-8-19(22(26)23-14-15-29-17-12-10-16(2)11-13-17)24-21-18-7-5-6-9-20(18)30(27,28)25-21/h5-7,9-13,19H,3-4,8,14-15H2,1-2H3,(H,23,26)(H,24,25). The Morgan fingerprint density at radius 1 is 1.17 bits per heavy atom. The summed E-state index contributed by atoms with van der Waals surface area (Å²) in [6.07, 6.45) is 2.26. The number of ether oxygens (including phenoxy) is 1. The highest BCUT2D eigenvalue weighted by molar-refractivity contribution is 7.90. The van der Waals surface area contributed by atoms with Gasteiger partial charge in [0, 0.05) is 5.56 Å². The lowest BCUT2D eigenvalue weighted by Crippen LogP contribution is -2.37. The Morgan fingerprint density at radius 3 is 2.63 bits per heavy atom. The molecule has 2 N–H and O–H groups in total. The third kappa shape index (κ3) is 5.38. The first kappa shape index (κ1) is 21.8. The van der Waals surface area contributed by atoms with Crippen LogP contribution < -0.4 is 14.8 Å². The van der Waals surface area contributed by atoms with E-state index in [4.69, 9.17) is 4.74 Å². The number of amidine groups is 1. The number of amides is 1. The van der Waals surface area contributed by atoms with Crippen LogP contribution in [0.5, 0.6) is 5.75 Å². The minimum absolute atomic E-state index is 0.185. The van der Waals surface area contributed by atoms with Crippen LogP contribution in [0, 0.1) is 6.92 Å². The van der Waals surface area contributed by atoms with E-state index in [1.165, 1.54) is 6.07 Å². The van der Waals surface area contributed by atoms with Gasteiger partial charge in [0.1, 0.15) is 24.2 Å². The third-order valence-electron chi connectivity index (χ3n) is 4.77. The molecule has 8 heteroatoms. The summed E-state index contributed by atoms with van der Waals surface area (Å²) in [6.45, 7) is 4.71. The topological polar surface area (TPSA) is 96.9 Å². The second-order valence-corrected chi connectivity index (χ2v) is 8.84. The number of carbonyl (C=O) groups excluding carboxylic acids is 1. The van der Waals surface area contributed by atoms with Gasteiger partial charge in [0.15, 0.2) is 0 Å². The number of aryl methyl sites for hydroxylation is 1. The lowest BCUT2D eigenvalue weighted by atomic mass is 10.1. The van der Waals surface area contributed by atoms with Gasteiger partial charge in [-0.05, 0) is 37.6 Å². The van der Waals surface area contributed by atoms with Crippen molar-refractivity contribution in [1.29, 1.82) is 0 Å². The molecular weight excluding hydrogens is 402 g/mol. The molecule has 0 bridgehead atoms. The van der Waals surface area contributed by atoms with Crippen LogP contribution >= 0.6 is 0 Å². The molecule has 160 valence electrons. The number of benzene rings is 2. The van der Waals surface area contributed by atoms with Gasteiger partial charge in [-0.15, -0.1) is 0 Å². The van der Waals surface area contributed by atoms with Crippen molar-refractivity contribution >= 4 is 21.8 Å². The Hall–Kier alpha value is -2.87. The van der Waals surface area contributed by atoms with Crippen molar-refractivity contribution in [3.63, 3.8) is 0 Å². The summed E-state index contributed by atoms with van der Waals surface area (Å²) in [5, 5.41) is 2.84. The van der Waals surface area contributed by atoms with Gasteiger partial charge in [-0.3, -0.25) is 14.5 Å². The van der Waals surface area contributed by atoms with E-state index in [-0.39, 0.29) is 16.6 Å². The number of carbonyl (C=O) groups is 1. The fourth-order valence-corrected chi connectivity index (χ4v) is 4.37. The number of nitrogens with zero attached hydrogens (tertiary/aromatic N) is 1. The molecule has 1 aliphatic heterocycles. The van der Waals surface area contributed by atoms with E-state index in [9.17, 15) is 13.2 Å². The lowest BCUT2D eigenvalue weighted by molar-refractivity contribution is -0.122. The second kappa shape index (κ2) is 9.75. The first-order chi connectivity index (χ1) is 14.4. The zero-order valence-electron chi connectivity index (χ0n) is 17.2. The molecule has 0 aromatic heterocycles. The monoisotopic (exact) mass is 429 g/mol. The van der Waals surface area contributed by atoms with E-state index in [0.29, 0.717) is 25.1 Å². The first-order valence-electron chi connectivity index (χ1n) is 10.1. The quantitative estimate of drug-likeness (QED) is 0.599. The van der Waals surface area contributed by atoms with Gasteiger partial charge in [-0.2, -0.15) is 0 Å². The summed E-state index contributed by atoms with van der Waals surface area (Å²) < 4.78 is 32.7. The molecule has 1 unspecified atom stereocenters. The predicted octanol–water partition coefficient (Wildman–Crippen LogP) is 2.79. The number of fused-ring (bicyclic) bond motifs is 1. The molecule has 7 nitrogen and oxygen atoms in total. The van der Waals surface area contributed by atoms with E-state index >= 15 is 0 Å². The SMILES string of the molecule is CCCCC(N=C1NS(=O)(=O)c2ccccc21)C(=O)NCCOc1ccc(C)cc1. The van der Waals surface area contributed by atoms with Crippen LogP contribution in [0.4, 0.5) is 0 Å². The lowest BCUT2D eigenvalue weighted by Gasteiger charge is -2.14. The van der Waals surface area contributed by atoms with Crippen LogP contribution in [0.1, 0.15) is 37.3 Å². The number of unbranched alkanes of at least 4 members (excludes halogenated alkanes) is 1. The van der Waals surface area contributed by atoms with Crippen LogP contribution in [0.3, 0.4) is 0 Å². The molecule has 30 heavy (non-hydrogen) atoms. The van der Waals surface area contributed by atoms with Gasteiger partial charge >= 0.3 is 0 Å². The minimum Gasteiger partial charge on any atom is -0.492 e. The molecule has 1 aliphatic rings. The second-order valence-electron chi connectivity index (χ2n) is 7.19. The number of aliphatic imine (C=N–C) groups is 1. The molecule has 0 saturated heterocycles. The number of hydrogen-bond donors (Lipinski definition) is 2. The summed E-state index contributed by atoms with van der Waals surface area (Å²) in [5.74, 6) is 0.722. The Kier molecular flexibility index (Phi) is 7.10. The van der Waals surface area contributed by atoms with Gasteiger partial charge in [-0.25, -0.2) is 8.42 Å². The van der Waals surface area contributed by atoms with Crippen molar-refractivity contribution < 1.29 is 17.9 Å². The average Bonchev–Trinajstić information content (AvgIpc) is 3.00. The van der Waals surface area contributed by atoms with Gasteiger partial charge in [-0.1, -0.05) is 49.6 Å². The fourth-order valence-electron chi connectivity index (χ4n) is 3.13. The number of nitrogens with one attached hydrogen (secondary N) is 2. The Balaban J connectivity index is 1.64. The first-order valence-corrected chi connectivity index (χ1v) is 11.6. The van der Waals surface area contributed by atoms with Gasteiger partial charge in [0.05, 0.1) is 11.4 Å². The number of rotatable bonds is 9. The Bertz CT molecular complexity index is 1020. The van der Waals surface area contributed by atoms with Gasteiger partial charge < -0.3 is 10.1 Å². The number of sulfonamides is 1. The van der Waals surface area contributed by atoms with Crippen molar-refractivity contribution in [3.8, 4) is 5.75 Å². The molecule has 0 fully saturated rings. The summed E-state index contributed by atoms with van der Waals surface area (Å²) in [6, 6.07) is 13.7. The molecule has 0 spiro atoms. The maximum absolute atomic E-state index is 12.7. The molecule has 0 radical (unpaired) electrons. The molecule has 0 saturated carbocycles. The van der Waals surface area contributed by atoms with E-state index in [0.717, 1.165) is 24.2 Å². The molecule has 0 aliphatic carbocycles. The highest BCUT2D eigenvalue weighted by atomic mass is 32.2. The van der Waals surface area contributed by atoms with Crippen molar-refractivity contribution in [3.05, 3.63) is 59.7 Å². The molecule has 2 aromatic carbocycles. The summed E-state index contributed by atoms with van der Waals surface area (Å²) in [7, 11) is -3.63. The number of hydrogen-bond acceptors (Lipinski definition) is 5. The van der Waals surface area contributed by atoms with E-state index in [1.807, 2.05) is 38.1 Å². The predicted molar refractivity (Wildman–Crippen MR) is 116 cm³/mol. The van der Waals surface area contributed by atoms with E-state index < -0.39 is 16.1 Å². The zero-order chi connectivity index (χ0) is 21.6. The maximum atomic E-state index is 12.7. The molecule has 2 aromatic rings. The Morgan fingerprint density at radius 2 is 1.90 bits per heavy atom. The van der Waals surface area contributed by atoms with Crippen LogP contribution in [-0.4, -0.2) is 39.4 Å². The molecule has 1 heterocycles. The summed E-state index contributed by atoms with van der Waals surface area (Å²) in [5.41, 5.74) is 1.65. The van der Waals surface area contributed by atoms with Crippen LogP contribution in [0.2, 0.25) is 0 Å². The van der Waals surface area contributed by atoms with Crippen molar-refractivity contribution in [2.24, 2.45) is 4.99 Å². The van der Waals surface area contributed by atoms with E-state index in [2.05, 4.69) is 15.0 Å². The van der Waals surface area contributed by atoms with Crippen molar-refractivity contribution in [1.82, 2.24) is 10.0 Å². The highest BCUT2D eigenvalue weighted by Gasteiger charge is 2.31. The normalized spacial score (nSPS) is 16.5. The molecule has 1 atom stereocenters. The average molecular weight is 430 g/mol. The Labute approximate surface area is 177 Å².